The first-order valence-corrected chi connectivity index (χ1v) is 9.33. The van der Waals surface area contributed by atoms with Crippen molar-refractivity contribution in [3.8, 4) is 0 Å². The summed E-state index contributed by atoms with van der Waals surface area (Å²) in [5, 5.41) is 0. The number of unbranched alkanes of at least 4 members (excludes halogenated alkanes) is 11. The van der Waals surface area contributed by atoms with Crippen molar-refractivity contribution < 1.29 is 19.2 Å². The Morgan fingerprint density at radius 3 is 1.70 bits per heavy atom. The molecular formula is C18H35NO4. The Balaban J connectivity index is 3.20. The van der Waals surface area contributed by atoms with Gasteiger partial charge in [-0.25, -0.2) is 9.59 Å². The molecule has 5 nitrogen and oxygen atoms in total. The van der Waals surface area contributed by atoms with Gasteiger partial charge in [-0.05, 0) is 13.3 Å². The first-order chi connectivity index (χ1) is 11.2. The molecule has 5 heteroatoms. The van der Waals surface area contributed by atoms with Gasteiger partial charge in [0.25, 0.3) is 0 Å². The normalized spacial score (nSPS) is 10.3. The monoisotopic (exact) mass is 329 g/mol. The maximum Gasteiger partial charge on any atom is 0.440 e. The third kappa shape index (κ3) is 16.9. The number of carbonyl (C=O) groups is 2. The van der Waals surface area contributed by atoms with E-state index < -0.39 is 12.1 Å². The minimum atomic E-state index is -0.726. The molecule has 23 heavy (non-hydrogen) atoms. The van der Waals surface area contributed by atoms with E-state index in [2.05, 4.69) is 16.5 Å². The summed E-state index contributed by atoms with van der Waals surface area (Å²) in [6.07, 6.45) is 14.7. The average molecular weight is 329 g/mol. The van der Waals surface area contributed by atoms with Gasteiger partial charge in [0.05, 0.1) is 6.61 Å². The van der Waals surface area contributed by atoms with Crippen molar-refractivity contribution in [2.75, 3.05) is 6.61 Å². The van der Waals surface area contributed by atoms with E-state index >= 15 is 0 Å². The molecule has 0 spiro atoms. The lowest BCUT2D eigenvalue weighted by molar-refractivity contribution is -0.149. The van der Waals surface area contributed by atoms with Crippen molar-refractivity contribution >= 4 is 12.1 Å². The van der Waals surface area contributed by atoms with E-state index in [4.69, 9.17) is 0 Å². The Bertz CT molecular complexity index is 295. The van der Waals surface area contributed by atoms with Crippen molar-refractivity contribution in [3.05, 3.63) is 0 Å². The van der Waals surface area contributed by atoms with Crippen LogP contribution < -0.4 is 5.48 Å². The molecule has 0 radical (unpaired) electrons. The first-order valence-electron chi connectivity index (χ1n) is 9.33. The third-order valence-electron chi connectivity index (χ3n) is 3.76. The molecule has 0 bridgehead atoms. The molecule has 1 amide bonds. The van der Waals surface area contributed by atoms with Crippen LogP contribution in [0.4, 0.5) is 4.79 Å². The van der Waals surface area contributed by atoms with E-state index in [1.54, 1.807) is 6.92 Å². The second-order valence-corrected chi connectivity index (χ2v) is 5.94. The maximum atomic E-state index is 11.3. The van der Waals surface area contributed by atoms with Crippen molar-refractivity contribution in [2.24, 2.45) is 0 Å². The zero-order valence-electron chi connectivity index (χ0n) is 15.0. The molecule has 0 aromatic heterocycles. The van der Waals surface area contributed by atoms with Gasteiger partial charge < -0.3 is 9.57 Å². The Hall–Kier alpha value is -1.26. The van der Waals surface area contributed by atoms with Crippen LogP contribution in [0.1, 0.15) is 97.3 Å². The summed E-state index contributed by atoms with van der Waals surface area (Å²) in [5.41, 5.74) is 1.97. The summed E-state index contributed by atoms with van der Waals surface area (Å²) in [6.45, 7) is 4.19. The molecule has 0 unspecified atom stereocenters. The van der Waals surface area contributed by atoms with Crippen molar-refractivity contribution in [3.63, 3.8) is 0 Å². The van der Waals surface area contributed by atoms with E-state index in [-0.39, 0.29) is 6.61 Å². The molecule has 0 aromatic rings. The van der Waals surface area contributed by atoms with Gasteiger partial charge >= 0.3 is 12.1 Å². The highest BCUT2D eigenvalue weighted by molar-refractivity contribution is 5.72. The Morgan fingerprint density at radius 1 is 0.739 bits per heavy atom. The largest absolute Gasteiger partial charge is 0.448 e. The fourth-order valence-electron chi connectivity index (χ4n) is 2.42. The van der Waals surface area contributed by atoms with Gasteiger partial charge in [-0.2, -0.15) is 0 Å². The molecule has 0 rings (SSSR count). The Labute approximate surface area is 141 Å². The molecular weight excluding hydrogens is 294 g/mol. The van der Waals surface area contributed by atoms with Gasteiger partial charge in [0.2, 0.25) is 0 Å². The molecule has 0 aliphatic heterocycles. The summed E-state index contributed by atoms with van der Waals surface area (Å²) in [6, 6.07) is 0. The number of ether oxygens (including phenoxy) is 1. The van der Waals surface area contributed by atoms with Crippen LogP contribution in [0.5, 0.6) is 0 Å². The number of hydroxylamine groups is 1. The van der Waals surface area contributed by atoms with E-state index in [9.17, 15) is 9.59 Å². The van der Waals surface area contributed by atoms with Crippen LogP contribution in [0.2, 0.25) is 0 Å². The first kappa shape index (κ1) is 21.7. The van der Waals surface area contributed by atoms with Gasteiger partial charge in [-0.15, -0.1) is 5.48 Å². The fraction of sp³-hybridized carbons (Fsp3) is 0.889. The predicted molar refractivity (Wildman–Crippen MR) is 91.9 cm³/mol. The number of nitrogens with one attached hydrogen (secondary N) is 1. The minimum Gasteiger partial charge on any atom is -0.448 e. The lowest BCUT2D eigenvalue weighted by atomic mass is 10.0. The van der Waals surface area contributed by atoms with Crippen LogP contribution in [0.15, 0.2) is 0 Å². The Morgan fingerprint density at radius 2 is 1.22 bits per heavy atom. The molecule has 0 aliphatic carbocycles. The smallest absolute Gasteiger partial charge is 0.440 e. The van der Waals surface area contributed by atoms with Crippen LogP contribution in [-0.4, -0.2) is 18.7 Å². The summed E-state index contributed by atoms with van der Waals surface area (Å²) < 4.78 is 4.58. The van der Waals surface area contributed by atoms with Gasteiger partial charge in [0, 0.05) is 6.42 Å². The maximum absolute atomic E-state index is 11.3. The summed E-state index contributed by atoms with van der Waals surface area (Å²) in [7, 11) is 0. The highest BCUT2D eigenvalue weighted by Crippen LogP contribution is 2.12. The molecule has 0 heterocycles. The van der Waals surface area contributed by atoms with Gasteiger partial charge in [-0.3, -0.25) is 0 Å². The number of rotatable bonds is 14. The molecule has 1 N–H and O–H groups in total. The fourth-order valence-corrected chi connectivity index (χ4v) is 2.42. The summed E-state index contributed by atoms with van der Waals surface area (Å²) in [4.78, 5) is 26.8. The van der Waals surface area contributed by atoms with E-state index in [1.165, 1.54) is 57.8 Å². The van der Waals surface area contributed by atoms with Crippen LogP contribution in [-0.2, 0) is 14.4 Å². The zero-order valence-corrected chi connectivity index (χ0v) is 15.0. The predicted octanol–water partition coefficient (Wildman–Crippen LogP) is 5.28. The molecule has 0 saturated heterocycles. The SMILES string of the molecule is CCCCCCCCCCCCCCC(=O)ONC(=O)OCC. The number of hydrogen-bond acceptors (Lipinski definition) is 4. The summed E-state index contributed by atoms with van der Waals surface area (Å²) in [5.74, 6) is -0.412. The van der Waals surface area contributed by atoms with E-state index in [0.29, 0.717) is 6.42 Å². The molecule has 0 aliphatic rings. The molecule has 0 saturated carbocycles. The second-order valence-electron chi connectivity index (χ2n) is 5.94. The second kappa shape index (κ2) is 17.1. The van der Waals surface area contributed by atoms with Gasteiger partial charge in [0.1, 0.15) is 0 Å². The molecule has 0 fully saturated rings. The minimum absolute atomic E-state index is 0.252. The number of amides is 1. The van der Waals surface area contributed by atoms with Crippen molar-refractivity contribution in [2.45, 2.75) is 97.3 Å². The Kier molecular flexibility index (Phi) is 16.2. The lowest BCUT2D eigenvalue weighted by Gasteiger charge is -2.05. The molecule has 136 valence electrons. The lowest BCUT2D eigenvalue weighted by Crippen LogP contribution is -2.27. The van der Waals surface area contributed by atoms with Crippen LogP contribution in [0.25, 0.3) is 0 Å². The molecule has 0 atom stereocenters. The quantitative estimate of drug-likeness (QED) is 0.348. The summed E-state index contributed by atoms with van der Waals surface area (Å²) >= 11 is 0. The topological polar surface area (TPSA) is 64.6 Å². The van der Waals surface area contributed by atoms with Gasteiger partial charge in [-0.1, -0.05) is 77.6 Å². The highest BCUT2D eigenvalue weighted by Gasteiger charge is 2.06. The zero-order chi connectivity index (χ0) is 17.2. The van der Waals surface area contributed by atoms with Crippen LogP contribution in [0.3, 0.4) is 0 Å². The average Bonchev–Trinajstić information content (AvgIpc) is 2.54. The van der Waals surface area contributed by atoms with Crippen molar-refractivity contribution in [1.82, 2.24) is 5.48 Å². The van der Waals surface area contributed by atoms with Gasteiger partial charge in [0.15, 0.2) is 0 Å². The van der Waals surface area contributed by atoms with Crippen molar-refractivity contribution in [1.29, 1.82) is 0 Å². The highest BCUT2D eigenvalue weighted by atomic mass is 16.7. The standard InChI is InChI=1S/C18H35NO4/c1-3-5-6-7-8-9-10-11-12-13-14-15-16-17(20)23-19-18(21)22-4-2/h3-16H2,1-2H3,(H,19,21). The molecule has 0 aromatic carbocycles. The van der Waals surface area contributed by atoms with E-state index in [0.717, 1.165) is 19.3 Å². The van der Waals surface area contributed by atoms with E-state index in [1.807, 2.05) is 5.48 Å². The number of carbonyl (C=O) groups excluding carboxylic acids is 2. The third-order valence-corrected chi connectivity index (χ3v) is 3.76. The van der Waals surface area contributed by atoms with Crippen LogP contribution >= 0.6 is 0 Å². The van der Waals surface area contributed by atoms with Crippen LogP contribution in [0, 0.1) is 0 Å². The number of hydrogen-bond donors (Lipinski definition) is 1.